The van der Waals surface area contributed by atoms with Gasteiger partial charge in [-0.05, 0) is 37.5 Å². The van der Waals surface area contributed by atoms with E-state index in [1.165, 1.54) is 12.8 Å². The van der Waals surface area contributed by atoms with Crippen LogP contribution in [0.15, 0.2) is 12.7 Å². The van der Waals surface area contributed by atoms with Crippen molar-refractivity contribution in [3.05, 3.63) is 12.7 Å². The standard InChI is InChI=1S/C11H16O/c1-2-6-11-7-3-4-10(12)9(11)5-8-11/h2,9H,1,3-8H2/t9-,11-/m0/s1. The van der Waals surface area contributed by atoms with E-state index in [1.807, 2.05) is 6.08 Å². The van der Waals surface area contributed by atoms with Crippen LogP contribution in [0.3, 0.4) is 0 Å². The van der Waals surface area contributed by atoms with Crippen molar-refractivity contribution in [3.63, 3.8) is 0 Å². The fourth-order valence-electron chi connectivity index (χ4n) is 2.92. The van der Waals surface area contributed by atoms with Crippen molar-refractivity contribution in [2.45, 2.75) is 38.5 Å². The number of Topliss-reactive ketones (excluding diaryl/α,β-unsaturated/α-hetero) is 1. The Hall–Kier alpha value is -0.590. The van der Waals surface area contributed by atoms with Crippen LogP contribution in [0.5, 0.6) is 0 Å². The molecule has 0 unspecified atom stereocenters. The fraction of sp³-hybridized carbons (Fsp3) is 0.727. The van der Waals surface area contributed by atoms with E-state index in [0.29, 0.717) is 17.1 Å². The predicted octanol–water partition coefficient (Wildman–Crippen LogP) is 2.71. The van der Waals surface area contributed by atoms with Crippen molar-refractivity contribution in [3.8, 4) is 0 Å². The molecular weight excluding hydrogens is 148 g/mol. The molecule has 1 heteroatoms. The number of hydrogen-bond acceptors (Lipinski definition) is 1. The average Bonchev–Trinajstić information content (AvgIpc) is 1.98. The van der Waals surface area contributed by atoms with Crippen molar-refractivity contribution in [1.29, 1.82) is 0 Å². The van der Waals surface area contributed by atoms with Crippen LogP contribution in [-0.2, 0) is 4.79 Å². The van der Waals surface area contributed by atoms with Gasteiger partial charge >= 0.3 is 0 Å². The van der Waals surface area contributed by atoms with Crippen LogP contribution in [0, 0.1) is 11.3 Å². The molecule has 0 saturated heterocycles. The smallest absolute Gasteiger partial charge is 0.136 e. The average molecular weight is 164 g/mol. The zero-order valence-electron chi connectivity index (χ0n) is 7.51. The molecule has 0 aromatic carbocycles. The first-order chi connectivity index (χ1) is 5.78. The van der Waals surface area contributed by atoms with Gasteiger partial charge in [0.15, 0.2) is 0 Å². The third kappa shape index (κ3) is 0.954. The molecule has 0 aromatic heterocycles. The highest BCUT2D eigenvalue weighted by Crippen LogP contribution is 2.56. The van der Waals surface area contributed by atoms with Crippen molar-refractivity contribution >= 4 is 5.78 Å². The van der Waals surface area contributed by atoms with Crippen LogP contribution in [0.4, 0.5) is 0 Å². The van der Waals surface area contributed by atoms with Crippen LogP contribution >= 0.6 is 0 Å². The Labute approximate surface area is 73.8 Å². The molecule has 2 aliphatic rings. The first kappa shape index (κ1) is 8.03. The van der Waals surface area contributed by atoms with Gasteiger partial charge in [0.25, 0.3) is 0 Å². The summed E-state index contributed by atoms with van der Waals surface area (Å²) in [6.45, 7) is 3.78. The van der Waals surface area contributed by atoms with Crippen LogP contribution in [0.1, 0.15) is 38.5 Å². The Balaban J connectivity index is 2.13. The van der Waals surface area contributed by atoms with E-state index in [-0.39, 0.29) is 0 Å². The third-order valence-corrected chi connectivity index (χ3v) is 3.71. The quantitative estimate of drug-likeness (QED) is 0.573. The van der Waals surface area contributed by atoms with Crippen molar-refractivity contribution in [1.82, 2.24) is 0 Å². The molecule has 2 saturated carbocycles. The summed E-state index contributed by atoms with van der Waals surface area (Å²) in [5, 5.41) is 0. The van der Waals surface area contributed by atoms with Gasteiger partial charge in [-0.3, -0.25) is 4.79 Å². The normalized spacial score (nSPS) is 40.0. The summed E-state index contributed by atoms with van der Waals surface area (Å²) < 4.78 is 0. The summed E-state index contributed by atoms with van der Waals surface area (Å²) >= 11 is 0. The lowest BCUT2D eigenvalue weighted by Gasteiger charge is -2.51. The highest BCUT2D eigenvalue weighted by Gasteiger charge is 2.50. The fourth-order valence-corrected chi connectivity index (χ4v) is 2.92. The van der Waals surface area contributed by atoms with Crippen LogP contribution in [-0.4, -0.2) is 5.78 Å². The summed E-state index contributed by atoms with van der Waals surface area (Å²) in [7, 11) is 0. The minimum Gasteiger partial charge on any atom is -0.299 e. The second-order valence-electron chi connectivity index (χ2n) is 4.27. The summed E-state index contributed by atoms with van der Waals surface area (Å²) in [5.41, 5.74) is 0.372. The molecular formula is C11H16O. The zero-order chi connectivity index (χ0) is 8.60. The minimum absolute atomic E-state index is 0.372. The topological polar surface area (TPSA) is 17.1 Å². The summed E-state index contributed by atoms with van der Waals surface area (Å²) in [6, 6.07) is 0. The summed E-state index contributed by atoms with van der Waals surface area (Å²) in [5.74, 6) is 0.929. The van der Waals surface area contributed by atoms with E-state index in [0.717, 1.165) is 25.7 Å². The number of hydrogen-bond donors (Lipinski definition) is 0. The van der Waals surface area contributed by atoms with Crippen LogP contribution < -0.4 is 0 Å². The number of rotatable bonds is 2. The lowest BCUT2D eigenvalue weighted by Crippen LogP contribution is -2.47. The molecule has 0 N–H and O–H groups in total. The van der Waals surface area contributed by atoms with E-state index in [1.54, 1.807) is 0 Å². The molecule has 2 rings (SSSR count). The van der Waals surface area contributed by atoms with Gasteiger partial charge < -0.3 is 0 Å². The van der Waals surface area contributed by atoms with Crippen LogP contribution in [0.25, 0.3) is 0 Å². The Kier molecular flexibility index (Phi) is 1.82. The van der Waals surface area contributed by atoms with Gasteiger partial charge in [0, 0.05) is 12.3 Å². The van der Waals surface area contributed by atoms with E-state index < -0.39 is 0 Å². The second kappa shape index (κ2) is 2.72. The lowest BCUT2D eigenvalue weighted by molar-refractivity contribution is -0.139. The molecule has 2 atom stereocenters. The molecule has 2 aliphatic carbocycles. The maximum absolute atomic E-state index is 11.5. The van der Waals surface area contributed by atoms with Crippen molar-refractivity contribution in [2.24, 2.45) is 11.3 Å². The monoisotopic (exact) mass is 164 g/mol. The molecule has 2 fully saturated rings. The molecule has 66 valence electrons. The van der Waals surface area contributed by atoms with E-state index in [2.05, 4.69) is 6.58 Å². The van der Waals surface area contributed by atoms with Gasteiger partial charge in [-0.2, -0.15) is 0 Å². The number of fused-ring (bicyclic) bond motifs is 1. The van der Waals surface area contributed by atoms with Crippen molar-refractivity contribution in [2.75, 3.05) is 0 Å². The molecule has 0 aromatic rings. The van der Waals surface area contributed by atoms with E-state index >= 15 is 0 Å². The molecule has 0 spiro atoms. The number of carbonyl (C=O) groups excluding carboxylic acids is 1. The first-order valence-electron chi connectivity index (χ1n) is 4.92. The minimum atomic E-state index is 0.372. The Morgan fingerprint density at radius 3 is 3.00 bits per heavy atom. The van der Waals surface area contributed by atoms with Gasteiger partial charge in [0.1, 0.15) is 5.78 Å². The molecule has 1 nitrogen and oxygen atoms in total. The highest BCUT2D eigenvalue weighted by atomic mass is 16.1. The summed E-state index contributed by atoms with van der Waals surface area (Å²) in [6.07, 6.45) is 8.67. The van der Waals surface area contributed by atoms with E-state index in [4.69, 9.17) is 0 Å². The Morgan fingerprint density at radius 2 is 2.42 bits per heavy atom. The SMILES string of the molecule is C=CC[C@@]12CCCC(=O)[C@@H]1CC2. The molecule has 0 amide bonds. The first-order valence-corrected chi connectivity index (χ1v) is 4.92. The maximum Gasteiger partial charge on any atom is 0.136 e. The molecule has 12 heavy (non-hydrogen) atoms. The summed E-state index contributed by atoms with van der Waals surface area (Å²) in [4.78, 5) is 11.5. The van der Waals surface area contributed by atoms with Crippen LogP contribution in [0.2, 0.25) is 0 Å². The van der Waals surface area contributed by atoms with Gasteiger partial charge in [-0.25, -0.2) is 0 Å². The van der Waals surface area contributed by atoms with E-state index in [9.17, 15) is 4.79 Å². The zero-order valence-corrected chi connectivity index (χ0v) is 7.51. The molecule has 0 bridgehead atoms. The van der Waals surface area contributed by atoms with Gasteiger partial charge in [0.05, 0.1) is 0 Å². The van der Waals surface area contributed by atoms with Gasteiger partial charge in [-0.15, -0.1) is 6.58 Å². The predicted molar refractivity (Wildman–Crippen MR) is 48.8 cm³/mol. The number of allylic oxidation sites excluding steroid dienone is 1. The lowest BCUT2D eigenvalue weighted by atomic mass is 9.52. The highest BCUT2D eigenvalue weighted by molar-refractivity contribution is 5.83. The van der Waals surface area contributed by atoms with Crippen molar-refractivity contribution < 1.29 is 4.79 Å². The second-order valence-corrected chi connectivity index (χ2v) is 4.27. The molecule has 0 radical (unpaired) electrons. The molecule has 0 aliphatic heterocycles. The third-order valence-electron chi connectivity index (χ3n) is 3.71. The Morgan fingerprint density at radius 1 is 1.58 bits per heavy atom. The van der Waals surface area contributed by atoms with Gasteiger partial charge in [-0.1, -0.05) is 6.08 Å². The maximum atomic E-state index is 11.5. The largest absolute Gasteiger partial charge is 0.299 e. The Bertz CT molecular complexity index is 219. The molecule has 0 heterocycles. The van der Waals surface area contributed by atoms with Gasteiger partial charge in [0.2, 0.25) is 0 Å². The number of ketones is 1. The number of carbonyl (C=O) groups is 1.